The van der Waals surface area contributed by atoms with Gasteiger partial charge in [0.1, 0.15) is 0 Å². The Labute approximate surface area is 129 Å². The normalized spacial score (nSPS) is 31.6. The Hall–Kier alpha value is -0.820. The van der Waals surface area contributed by atoms with Crippen molar-refractivity contribution >= 4 is 0 Å². The molecular weight excluding hydrogens is 254 g/mol. The molecule has 3 unspecified atom stereocenters. The predicted molar refractivity (Wildman–Crippen MR) is 88.4 cm³/mol. The molecule has 0 heterocycles. The lowest BCUT2D eigenvalue weighted by Gasteiger charge is -2.21. The standard InChI is InChI=1S/C20H29N/c1-2-12-21-20(19-17-8-3-4-9-18(17)19)16-11-10-14-6-5-7-15(14)13-16/h10-11,13,17-21H,2-9,12H2,1H3. The van der Waals surface area contributed by atoms with Crippen LogP contribution in [0.5, 0.6) is 0 Å². The zero-order valence-corrected chi connectivity index (χ0v) is 13.4. The summed E-state index contributed by atoms with van der Waals surface area (Å²) in [6.45, 7) is 3.45. The molecule has 0 saturated heterocycles. The Bertz CT molecular complexity index is 495. The number of hydrogen-bond acceptors (Lipinski definition) is 1. The number of rotatable bonds is 5. The molecule has 2 saturated carbocycles. The molecule has 21 heavy (non-hydrogen) atoms. The molecule has 0 spiro atoms. The lowest BCUT2D eigenvalue weighted by Crippen LogP contribution is -2.25. The summed E-state index contributed by atoms with van der Waals surface area (Å²) in [5, 5.41) is 3.90. The van der Waals surface area contributed by atoms with E-state index >= 15 is 0 Å². The van der Waals surface area contributed by atoms with Gasteiger partial charge in [0.05, 0.1) is 0 Å². The lowest BCUT2D eigenvalue weighted by atomic mass is 9.96. The molecule has 0 aromatic heterocycles. The Morgan fingerprint density at radius 2 is 1.81 bits per heavy atom. The van der Waals surface area contributed by atoms with Crippen molar-refractivity contribution in [3.63, 3.8) is 0 Å². The molecule has 2 fully saturated rings. The molecular formula is C20H29N. The predicted octanol–water partition coefficient (Wildman–Crippen LogP) is 4.65. The van der Waals surface area contributed by atoms with Gasteiger partial charge in [-0.25, -0.2) is 0 Å². The van der Waals surface area contributed by atoms with Crippen molar-refractivity contribution in [2.24, 2.45) is 17.8 Å². The van der Waals surface area contributed by atoms with Gasteiger partial charge in [0, 0.05) is 6.04 Å². The second-order valence-electron chi connectivity index (χ2n) is 7.50. The first-order valence-electron chi connectivity index (χ1n) is 9.23. The van der Waals surface area contributed by atoms with E-state index in [0.29, 0.717) is 6.04 Å². The highest BCUT2D eigenvalue weighted by Crippen LogP contribution is 2.60. The van der Waals surface area contributed by atoms with E-state index in [1.807, 2.05) is 0 Å². The maximum atomic E-state index is 3.90. The first kappa shape index (κ1) is 13.8. The van der Waals surface area contributed by atoms with Gasteiger partial charge in [0.2, 0.25) is 0 Å². The number of fused-ring (bicyclic) bond motifs is 2. The zero-order chi connectivity index (χ0) is 14.2. The third-order valence-corrected chi connectivity index (χ3v) is 6.20. The van der Waals surface area contributed by atoms with Gasteiger partial charge in [-0.15, -0.1) is 0 Å². The van der Waals surface area contributed by atoms with E-state index in [1.165, 1.54) is 51.4 Å². The minimum atomic E-state index is 0.629. The fourth-order valence-corrected chi connectivity index (χ4v) is 5.10. The van der Waals surface area contributed by atoms with Crippen molar-refractivity contribution < 1.29 is 0 Å². The van der Waals surface area contributed by atoms with E-state index < -0.39 is 0 Å². The van der Waals surface area contributed by atoms with Gasteiger partial charge >= 0.3 is 0 Å². The van der Waals surface area contributed by atoms with Crippen LogP contribution in [-0.4, -0.2) is 6.54 Å². The highest BCUT2D eigenvalue weighted by atomic mass is 14.9. The monoisotopic (exact) mass is 283 g/mol. The maximum absolute atomic E-state index is 3.90. The molecule has 3 aliphatic rings. The summed E-state index contributed by atoms with van der Waals surface area (Å²) < 4.78 is 0. The quantitative estimate of drug-likeness (QED) is 0.829. The minimum Gasteiger partial charge on any atom is -0.310 e. The fourth-order valence-electron chi connectivity index (χ4n) is 5.10. The Kier molecular flexibility index (Phi) is 3.79. The van der Waals surface area contributed by atoms with Crippen LogP contribution in [0.1, 0.15) is 68.2 Å². The second-order valence-corrected chi connectivity index (χ2v) is 7.50. The van der Waals surface area contributed by atoms with Crippen molar-refractivity contribution in [2.45, 2.75) is 64.3 Å². The molecule has 0 amide bonds. The first-order chi connectivity index (χ1) is 10.4. The largest absolute Gasteiger partial charge is 0.310 e. The molecule has 1 aromatic rings. The average Bonchev–Trinajstić information content (AvgIpc) is 3.04. The van der Waals surface area contributed by atoms with Gasteiger partial charge in [0.15, 0.2) is 0 Å². The molecule has 0 bridgehead atoms. The SMILES string of the molecule is CCCNC(c1ccc2c(c1)CCC2)C1C2CCCCC21. The third-order valence-electron chi connectivity index (χ3n) is 6.20. The fraction of sp³-hybridized carbons (Fsp3) is 0.700. The summed E-state index contributed by atoms with van der Waals surface area (Å²) in [5.41, 5.74) is 4.84. The average molecular weight is 283 g/mol. The van der Waals surface area contributed by atoms with E-state index in [9.17, 15) is 0 Å². The zero-order valence-electron chi connectivity index (χ0n) is 13.4. The third kappa shape index (κ3) is 2.54. The number of hydrogen-bond donors (Lipinski definition) is 1. The topological polar surface area (TPSA) is 12.0 Å². The highest BCUT2D eigenvalue weighted by Gasteiger charge is 2.54. The number of aryl methyl sites for hydroxylation is 2. The van der Waals surface area contributed by atoms with Gasteiger partial charge in [-0.2, -0.15) is 0 Å². The van der Waals surface area contributed by atoms with Crippen molar-refractivity contribution in [3.8, 4) is 0 Å². The van der Waals surface area contributed by atoms with Gasteiger partial charge in [-0.05, 0) is 79.5 Å². The Morgan fingerprint density at radius 3 is 2.57 bits per heavy atom. The molecule has 4 rings (SSSR count). The minimum absolute atomic E-state index is 0.629. The summed E-state index contributed by atoms with van der Waals surface area (Å²) in [4.78, 5) is 0. The summed E-state index contributed by atoms with van der Waals surface area (Å²) in [6, 6.07) is 8.02. The van der Waals surface area contributed by atoms with Crippen LogP contribution in [0.15, 0.2) is 18.2 Å². The number of nitrogens with one attached hydrogen (secondary N) is 1. The molecule has 3 atom stereocenters. The molecule has 1 heteroatoms. The van der Waals surface area contributed by atoms with Crippen LogP contribution < -0.4 is 5.32 Å². The molecule has 1 nitrogen and oxygen atoms in total. The summed E-state index contributed by atoms with van der Waals surface area (Å²) in [6.07, 6.45) is 11.1. The second kappa shape index (κ2) is 5.76. The van der Waals surface area contributed by atoms with Crippen LogP contribution >= 0.6 is 0 Å². The molecule has 3 aliphatic carbocycles. The number of benzene rings is 1. The van der Waals surface area contributed by atoms with Crippen LogP contribution in [0.2, 0.25) is 0 Å². The van der Waals surface area contributed by atoms with Crippen molar-refractivity contribution in [2.75, 3.05) is 6.54 Å². The van der Waals surface area contributed by atoms with Crippen molar-refractivity contribution in [1.82, 2.24) is 5.32 Å². The molecule has 114 valence electrons. The van der Waals surface area contributed by atoms with E-state index in [-0.39, 0.29) is 0 Å². The van der Waals surface area contributed by atoms with Gasteiger partial charge in [-0.1, -0.05) is 38.0 Å². The van der Waals surface area contributed by atoms with Crippen LogP contribution in [0.3, 0.4) is 0 Å². The van der Waals surface area contributed by atoms with E-state index in [4.69, 9.17) is 0 Å². The van der Waals surface area contributed by atoms with E-state index in [1.54, 1.807) is 16.7 Å². The van der Waals surface area contributed by atoms with Gasteiger partial charge in [-0.3, -0.25) is 0 Å². The summed E-state index contributed by atoms with van der Waals surface area (Å²) in [5.74, 6) is 2.99. The first-order valence-corrected chi connectivity index (χ1v) is 9.23. The van der Waals surface area contributed by atoms with Crippen molar-refractivity contribution in [1.29, 1.82) is 0 Å². The molecule has 1 aromatic carbocycles. The Balaban J connectivity index is 1.57. The van der Waals surface area contributed by atoms with Crippen molar-refractivity contribution in [3.05, 3.63) is 34.9 Å². The molecule has 0 aliphatic heterocycles. The van der Waals surface area contributed by atoms with Crippen LogP contribution in [0.25, 0.3) is 0 Å². The van der Waals surface area contributed by atoms with E-state index in [2.05, 4.69) is 30.4 Å². The van der Waals surface area contributed by atoms with E-state index in [0.717, 1.165) is 24.3 Å². The molecule has 0 radical (unpaired) electrons. The maximum Gasteiger partial charge on any atom is 0.0354 e. The van der Waals surface area contributed by atoms with Gasteiger partial charge in [0.25, 0.3) is 0 Å². The Morgan fingerprint density at radius 1 is 1.05 bits per heavy atom. The summed E-state index contributed by atoms with van der Waals surface area (Å²) >= 11 is 0. The molecule has 1 N–H and O–H groups in total. The summed E-state index contributed by atoms with van der Waals surface area (Å²) in [7, 11) is 0. The van der Waals surface area contributed by atoms with Gasteiger partial charge < -0.3 is 5.32 Å². The highest BCUT2D eigenvalue weighted by molar-refractivity contribution is 5.37. The van der Waals surface area contributed by atoms with Crippen LogP contribution in [-0.2, 0) is 12.8 Å². The smallest absolute Gasteiger partial charge is 0.0354 e. The lowest BCUT2D eigenvalue weighted by molar-refractivity contribution is 0.445. The van der Waals surface area contributed by atoms with Crippen LogP contribution in [0.4, 0.5) is 0 Å². The van der Waals surface area contributed by atoms with Crippen LogP contribution in [0, 0.1) is 17.8 Å².